The fraction of sp³-hybridized carbons (Fsp3) is 0.419. The van der Waals surface area contributed by atoms with E-state index in [1.54, 1.807) is 0 Å². The minimum Gasteiger partial charge on any atom is -0.396 e. The average Bonchev–Trinajstić information content (AvgIpc) is 2.93. The quantitative estimate of drug-likeness (QED) is 0.377. The predicted octanol–water partition coefficient (Wildman–Crippen LogP) is 5.24. The summed E-state index contributed by atoms with van der Waals surface area (Å²) in [6, 6.07) is 28.1. The molecule has 1 aliphatic rings. The van der Waals surface area contributed by atoms with Gasteiger partial charge in [-0.15, -0.1) is 0 Å². The Morgan fingerprint density at radius 3 is 1.86 bits per heavy atom. The highest BCUT2D eigenvalue weighted by atomic mass is 16.3. The highest BCUT2D eigenvalue weighted by molar-refractivity contribution is 5.37. The number of aliphatic hydroxyl groups is 3. The normalized spacial score (nSPS) is 17.3. The molecule has 0 spiro atoms. The monoisotopic (exact) mass is 473 g/mol. The molecule has 35 heavy (non-hydrogen) atoms. The van der Waals surface area contributed by atoms with Crippen molar-refractivity contribution in [2.45, 2.75) is 50.2 Å². The first kappa shape index (κ1) is 25.6. The van der Waals surface area contributed by atoms with Crippen LogP contribution >= 0.6 is 0 Å². The summed E-state index contributed by atoms with van der Waals surface area (Å²) in [5, 5.41) is 32.0. The van der Waals surface area contributed by atoms with Crippen LogP contribution in [0.1, 0.15) is 66.9 Å². The standard InChI is InChI=1S/C31H39NO3/c1-24(23-33)25-14-16-26(17-15-25)30(34)13-8-20-32-21-18-29(19-22-32)31(35,27-9-4-2-5-10-27)28-11-6-3-7-12-28/h2-7,9-12,14-17,24,29-30,33-35H,8,13,18-23H2,1H3. The summed E-state index contributed by atoms with van der Waals surface area (Å²) < 4.78 is 0. The fourth-order valence-corrected chi connectivity index (χ4v) is 5.42. The number of piperidine rings is 1. The summed E-state index contributed by atoms with van der Waals surface area (Å²) in [7, 11) is 0. The molecule has 3 N–H and O–H groups in total. The molecule has 3 aromatic rings. The van der Waals surface area contributed by atoms with E-state index in [0.717, 1.165) is 67.6 Å². The van der Waals surface area contributed by atoms with Crippen LogP contribution in [0.5, 0.6) is 0 Å². The highest BCUT2D eigenvalue weighted by Crippen LogP contribution is 2.42. The maximum Gasteiger partial charge on any atom is 0.117 e. The van der Waals surface area contributed by atoms with E-state index in [2.05, 4.69) is 4.90 Å². The summed E-state index contributed by atoms with van der Waals surface area (Å²) in [4.78, 5) is 2.46. The largest absolute Gasteiger partial charge is 0.396 e. The number of rotatable bonds is 10. The van der Waals surface area contributed by atoms with Gasteiger partial charge in [0.25, 0.3) is 0 Å². The first-order valence-corrected chi connectivity index (χ1v) is 13.0. The maximum atomic E-state index is 12.0. The van der Waals surface area contributed by atoms with Crippen molar-refractivity contribution in [1.29, 1.82) is 0 Å². The Labute approximate surface area is 209 Å². The van der Waals surface area contributed by atoms with Gasteiger partial charge in [-0.05, 0) is 73.5 Å². The van der Waals surface area contributed by atoms with Gasteiger partial charge in [0.1, 0.15) is 5.60 Å². The van der Waals surface area contributed by atoms with E-state index in [-0.39, 0.29) is 18.4 Å². The molecule has 1 saturated heterocycles. The molecule has 2 unspecified atom stereocenters. The van der Waals surface area contributed by atoms with Crippen LogP contribution in [0.3, 0.4) is 0 Å². The lowest BCUT2D eigenvalue weighted by Crippen LogP contribution is -2.44. The molecule has 0 saturated carbocycles. The number of hydrogen-bond acceptors (Lipinski definition) is 4. The van der Waals surface area contributed by atoms with Gasteiger partial charge in [0, 0.05) is 12.5 Å². The molecule has 4 nitrogen and oxygen atoms in total. The van der Waals surface area contributed by atoms with E-state index in [1.165, 1.54) is 0 Å². The second-order valence-corrected chi connectivity index (χ2v) is 10.0. The van der Waals surface area contributed by atoms with Gasteiger partial charge in [0.2, 0.25) is 0 Å². The number of nitrogens with zero attached hydrogens (tertiary/aromatic N) is 1. The van der Waals surface area contributed by atoms with Crippen molar-refractivity contribution >= 4 is 0 Å². The molecule has 0 bridgehead atoms. The van der Waals surface area contributed by atoms with E-state index in [0.29, 0.717) is 0 Å². The highest BCUT2D eigenvalue weighted by Gasteiger charge is 2.41. The van der Waals surface area contributed by atoms with Crippen molar-refractivity contribution in [3.63, 3.8) is 0 Å². The average molecular weight is 474 g/mol. The number of aliphatic hydroxyl groups excluding tert-OH is 2. The van der Waals surface area contributed by atoms with Crippen molar-refractivity contribution < 1.29 is 15.3 Å². The van der Waals surface area contributed by atoms with E-state index < -0.39 is 11.7 Å². The maximum absolute atomic E-state index is 12.0. The van der Waals surface area contributed by atoms with E-state index in [9.17, 15) is 15.3 Å². The lowest BCUT2D eigenvalue weighted by molar-refractivity contribution is -0.0146. The van der Waals surface area contributed by atoms with Gasteiger partial charge in [-0.2, -0.15) is 0 Å². The molecule has 186 valence electrons. The van der Waals surface area contributed by atoms with Crippen LogP contribution in [0.15, 0.2) is 84.9 Å². The Balaban J connectivity index is 1.31. The second kappa shape index (κ2) is 12.0. The molecule has 4 rings (SSSR count). The SMILES string of the molecule is CC(CO)c1ccc(C(O)CCCN2CCC(C(O)(c3ccccc3)c3ccccc3)CC2)cc1. The molecule has 2 atom stereocenters. The van der Waals surface area contributed by atoms with Crippen molar-refractivity contribution in [2.24, 2.45) is 5.92 Å². The number of hydrogen-bond donors (Lipinski definition) is 3. The number of benzene rings is 3. The lowest BCUT2D eigenvalue weighted by atomic mass is 9.72. The minimum atomic E-state index is -0.982. The van der Waals surface area contributed by atoms with Crippen LogP contribution in [-0.4, -0.2) is 46.5 Å². The zero-order valence-electron chi connectivity index (χ0n) is 20.8. The minimum absolute atomic E-state index is 0.116. The first-order chi connectivity index (χ1) is 17.0. The van der Waals surface area contributed by atoms with Gasteiger partial charge < -0.3 is 20.2 Å². The molecule has 4 heteroatoms. The first-order valence-electron chi connectivity index (χ1n) is 13.0. The predicted molar refractivity (Wildman–Crippen MR) is 141 cm³/mol. The van der Waals surface area contributed by atoms with E-state index >= 15 is 0 Å². The Morgan fingerprint density at radius 1 is 0.829 bits per heavy atom. The smallest absolute Gasteiger partial charge is 0.117 e. The zero-order valence-corrected chi connectivity index (χ0v) is 20.8. The third-order valence-corrected chi connectivity index (χ3v) is 7.72. The molecule has 3 aromatic carbocycles. The van der Waals surface area contributed by atoms with Gasteiger partial charge in [-0.25, -0.2) is 0 Å². The van der Waals surface area contributed by atoms with Crippen LogP contribution < -0.4 is 0 Å². The Hall–Kier alpha value is -2.50. The molecule has 1 heterocycles. The van der Waals surface area contributed by atoms with Crippen LogP contribution in [0.4, 0.5) is 0 Å². The van der Waals surface area contributed by atoms with Crippen LogP contribution in [0, 0.1) is 5.92 Å². The summed E-state index contributed by atoms with van der Waals surface area (Å²) in [6.45, 7) is 4.99. The molecule has 0 radical (unpaired) electrons. The van der Waals surface area contributed by atoms with E-state index in [4.69, 9.17) is 0 Å². The van der Waals surface area contributed by atoms with Gasteiger partial charge in [-0.3, -0.25) is 0 Å². The summed E-state index contributed by atoms with van der Waals surface area (Å²) in [5.74, 6) is 0.277. The topological polar surface area (TPSA) is 63.9 Å². The molecule has 0 aromatic heterocycles. The third kappa shape index (κ3) is 6.02. The summed E-state index contributed by atoms with van der Waals surface area (Å²) in [6.07, 6.45) is 3.07. The van der Waals surface area contributed by atoms with Crippen LogP contribution in [0.2, 0.25) is 0 Å². The Kier molecular flexibility index (Phi) is 8.74. The molecular weight excluding hydrogens is 434 g/mol. The van der Waals surface area contributed by atoms with Crippen molar-refractivity contribution in [3.8, 4) is 0 Å². The molecule has 1 aliphatic heterocycles. The van der Waals surface area contributed by atoms with Crippen LogP contribution in [0.25, 0.3) is 0 Å². The summed E-state index contributed by atoms with van der Waals surface area (Å²) in [5.41, 5.74) is 2.98. The Bertz CT molecular complexity index is 975. The van der Waals surface area contributed by atoms with Gasteiger partial charge in [-0.1, -0.05) is 91.9 Å². The molecular formula is C31H39NO3. The van der Waals surface area contributed by atoms with Crippen molar-refractivity contribution in [1.82, 2.24) is 4.90 Å². The van der Waals surface area contributed by atoms with Crippen molar-refractivity contribution in [3.05, 3.63) is 107 Å². The molecule has 1 fully saturated rings. The third-order valence-electron chi connectivity index (χ3n) is 7.72. The Morgan fingerprint density at radius 2 is 1.34 bits per heavy atom. The van der Waals surface area contributed by atoms with Gasteiger partial charge in [0.15, 0.2) is 0 Å². The van der Waals surface area contributed by atoms with Gasteiger partial charge in [0.05, 0.1) is 6.10 Å². The summed E-state index contributed by atoms with van der Waals surface area (Å²) >= 11 is 0. The molecule has 0 aliphatic carbocycles. The second-order valence-electron chi connectivity index (χ2n) is 10.0. The van der Waals surface area contributed by atoms with Gasteiger partial charge >= 0.3 is 0 Å². The lowest BCUT2D eigenvalue weighted by Gasteiger charge is -2.42. The van der Waals surface area contributed by atoms with Crippen molar-refractivity contribution in [2.75, 3.05) is 26.2 Å². The van der Waals surface area contributed by atoms with E-state index in [1.807, 2.05) is 91.9 Å². The fourth-order valence-electron chi connectivity index (χ4n) is 5.42. The van der Waals surface area contributed by atoms with Crippen LogP contribution in [-0.2, 0) is 5.60 Å². The number of likely N-dealkylation sites (tertiary alicyclic amines) is 1. The molecule has 0 amide bonds. The zero-order chi connectivity index (χ0) is 24.7.